The van der Waals surface area contributed by atoms with Crippen molar-refractivity contribution in [1.82, 2.24) is 14.7 Å². The molecule has 22 heavy (non-hydrogen) atoms. The fourth-order valence-electron chi connectivity index (χ4n) is 2.69. The van der Waals surface area contributed by atoms with Crippen molar-refractivity contribution < 1.29 is 14.3 Å². The Balaban J connectivity index is 1.88. The number of aromatic nitrogens is 2. The van der Waals surface area contributed by atoms with Crippen LogP contribution in [0.3, 0.4) is 0 Å². The monoisotopic (exact) mass is 319 g/mol. The summed E-state index contributed by atoms with van der Waals surface area (Å²) < 4.78 is 6.66. The molecule has 0 bridgehead atoms. The van der Waals surface area contributed by atoms with Crippen LogP contribution >= 0.6 is 11.3 Å². The van der Waals surface area contributed by atoms with Crippen molar-refractivity contribution in [3.05, 3.63) is 39.3 Å². The lowest BCUT2D eigenvalue weighted by molar-refractivity contribution is 0.0508. The number of aryl methyl sites for hydroxylation is 1. The molecule has 3 rings (SSSR count). The third kappa shape index (κ3) is 2.52. The second-order valence-electron chi connectivity index (χ2n) is 5.07. The van der Waals surface area contributed by atoms with Gasteiger partial charge in [-0.25, -0.2) is 4.79 Å². The number of carbonyl (C=O) groups excluding carboxylic acids is 2. The van der Waals surface area contributed by atoms with Crippen LogP contribution < -0.4 is 0 Å². The largest absolute Gasteiger partial charge is 0.461 e. The lowest BCUT2D eigenvalue weighted by Gasteiger charge is -2.26. The van der Waals surface area contributed by atoms with Gasteiger partial charge in [0, 0.05) is 25.6 Å². The van der Waals surface area contributed by atoms with Gasteiger partial charge in [-0.3, -0.25) is 9.48 Å². The number of amides is 1. The smallest absolute Gasteiger partial charge is 0.356 e. The Bertz CT molecular complexity index is 706. The summed E-state index contributed by atoms with van der Waals surface area (Å²) in [7, 11) is 1.73. The fraction of sp³-hybridized carbons (Fsp3) is 0.400. The van der Waals surface area contributed by atoms with Crippen molar-refractivity contribution in [3.8, 4) is 0 Å². The molecule has 116 valence electrons. The van der Waals surface area contributed by atoms with Crippen LogP contribution in [0.15, 0.2) is 17.5 Å². The Kier molecular flexibility index (Phi) is 3.98. The number of nitrogens with zero attached hydrogens (tertiary/aromatic N) is 3. The highest BCUT2D eigenvalue weighted by Gasteiger charge is 2.30. The van der Waals surface area contributed by atoms with E-state index in [1.54, 1.807) is 23.6 Å². The topological polar surface area (TPSA) is 64.4 Å². The van der Waals surface area contributed by atoms with Crippen LogP contribution in [0.5, 0.6) is 0 Å². The first-order valence-electron chi connectivity index (χ1n) is 7.16. The number of ether oxygens (including phenoxy) is 1. The summed E-state index contributed by atoms with van der Waals surface area (Å²) in [6.07, 6.45) is 0.652. The van der Waals surface area contributed by atoms with Crippen molar-refractivity contribution in [3.63, 3.8) is 0 Å². The first-order valence-corrected chi connectivity index (χ1v) is 8.04. The zero-order valence-electron chi connectivity index (χ0n) is 12.5. The van der Waals surface area contributed by atoms with Gasteiger partial charge >= 0.3 is 5.97 Å². The van der Waals surface area contributed by atoms with Crippen LogP contribution in [-0.2, 0) is 24.8 Å². The van der Waals surface area contributed by atoms with Crippen LogP contribution in [-0.4, -0.2) is 39.7 Å². The lowest BCUT2D eigenvalue weighted by atomic mass is 10.0. The Morgan fingerprint density at radius 1 is 1.45 bits per heavy atom. The number of fused-ring (bicyclic) bond motifs is 1. The van der Waals surface area contributed by atoms with Crippen LogP contribution in [0.25, 0.3) is 0 Å². The molecule has 1 amide bonds. The summed E-state index contributed by atoms with van der Waals surface area (Å²) in [6.45, 7) is 3.10. The predicted octanol–water partition coefficient (Wildman–Crippen LogP) is 1.86. The Labute approximate surface area is 132 Å². The molecule has 0 radical (unpaired) electrons. The Hall–Kier alpha value is -2.15. The molecule has 0 N–H and O–H groups in total. The fourth-order valence-corrected chi connectivity index (χ4v) is 3.38. The van der Waals surface area contributed by atoms with Crippen molar-refractivity contribution in [2.75, 3.05) is 13.2 Å². The number of hydrogen-bond donors (Lipinski definition) is 0. The molecular weight excluding hydrogens is 302 g/mol. The Morgan fingerprint density at radius 3 is 2.95 bits per heavy atom. The van der Waals surface area contributed by atoms with E-state index in [9.17, 15) is 9.59 Å². The standard InChI is InChI=1S/C15H17N3O3S/c1-3-21-15(20)13-10-9-18(7-6-11(10)16-17(13)2)14(19)12-5-4-8-22-12/h4-5,8H,3,6-7,9H2,1-2H3. The Morgan fingerprint density at radius 2 is 2.27 bits per heavy atom. The van der Waals surface area contributed by atoms with Crippen LogP contribution in [0, 0.1) is 0 Å². The van der Waals surface area contributed by atoms with Crippen molar-refractivity contribution in [2.45, 2.75) is 19.9 Å². The molecule has 0 saturated heterocycles. The first kappa shape index (κ1) is 14.8. The quantitative estimate of drug-likeness (QED) is 0.810. The van der Waals surface area contributed by atoms with Crippen LogP contribution in [0.2, 0.25) is 0 Å². The molecule has 6 nitrogen and oxygen atoms in total. The molecule has 2 aromatic heterocycles. The minimum absolute atomic E-state index is 0.000637. The van der Waals surface area contributed by atoms with Crippen molar-refractivity contribution in [1.29, 1.82) is 0 Å². The zero-order chi connectivity index (χ0) is 15.7. The molecule has 3 heterocycles. The molecule has 0 fully saturated rings. The molecule has 0 atom stereocenters. The highest BCUT2D eigenvalue weighted by molar-refractivity contribution is 7.12. The summed E-state index contributed by atoms with van der Waals surface area (Å²) in [5.41, 5.74) is 2.12. The second kappa shape index (κ2) is 5.92. The lowest BCUT2D eigenvalue weighted by Crippen LogP contribution is -2.36. The van der Waals surface area contributed by atoms with E-state index in [4.69, 9.17) is 4.74 Å². The molecule has 0 spiro atoms. The molecule has 0 aliphatic carbocycles. The van der Waals surface area contributed by atoms with Crippen molar-refractivity contribution in [2.24, 2.45) is 7.05 Å². The second-order valence-corrected chi connectivity index (χ2v) is 6.02. The summed E-state index contributed by atoms with van der Waals surface area (Å²) in [4.78, 5) is 27.1. The minimum Gasteiger partial charge on any atom is -0.461 e. The SMILES string of the molecule is CCOC(=O)c1c2c(nn1C)CCN(C(=O)c1cccs1)C2. The van der Waals surface area contributed by atoms with Gasteiger partial charge in [0.1, 0.15) is 0 Å². The van der Waals surface area contributed by atoms with Crippen molar-refractivity contribution >= 4 is 23.2 Å². The van der Waals surface area contributed by atoms with E-state index < -0.39 is 0 Å². The highest BCUT2D eigenvalue weighted by Crippen LogP contribution is 2.24. The normalized spacial score (nSPS) is 13.8. The summed E-state index contributed by atoms with van der Waals surface area (Å²) in [5.74, 6) is -0.386. The van der Waals surface area contributed by atoms with E-state index in [1.807, 2.05) is 17.5 Å². The van der Waals surface area contributed by atoms with E-state index in [0.29, 0.717) is 36.7 Å². The zero-order valence-corrected chi connectivity index (χ0v) is 13.4. The highest BCUT2D eigenvalue weighted by atomic mass is 32.1. The maximum atomic E-state index is 12.5. The maximum Gasteiger partial charge on any atom is 0.356 e. The summed E-state index contributed by atoms with van der Waals surface area (Å²) in [6, 6.07) is 3.68. The third-order valence-electron chi connectivity index (χ3n) is 3.68. The average molecular weight is 319 g/mol. The van der Waals surface area contributed by atoms with E-state index in [-0.39, 0.29) is 11.9 Å². The van der Waals surface area contributed by atoms with Gasteiger partial charge < -0.3 is 9.64 Å². The number of thiophene rings is 1. The molecule has 1 aliphatic heterocycles. The molecule has 2 aromatic rings. The number of esters is 1. The maximum absolute atomic E-state index is 12.5. The molecule has 0 saturated carbocycles. The summed E-state index contributed by atoms with van der Waals surface area (Å²) >= 11 is 1.43. The number of rotatable bonds is 3. The third-order valence-corrected chi connectivity index (χ3v) is 4.54. The molecule has 7 heteroatoms. The molecule has 0 unspecified atom stereocenters. The summed E-state index contributed by atoms with van der Waals surface area (Å²) in [5, 5.41) is 6.28. The minimum atomic E-state index is -0.385. The van der Waals surface area contributed by atoms with E-state index in [1.165, 1.54) is 11.3 Å². The van der Waals surface area contributed by atoms with E-state index in [2.05, 4.69) is 5.10 Å². The molecule has 1 aliphatic rings. The van der Waals surface area contributed by atoms with Gasteiger partial charge in [0.05, 0.1) is 23.7 Å². The number of carbonyl (C=O) groups is 2. The number of hydrogen-bond acceptors (Lipinski definition) is 5. The van der Waals surface area contributed by atoms with Gasteiger partial charge in [0.25, 0.3) is 5.91 Å². The van der Waals surface area contributed by atoms with Gasteiger partial charge in [-0.1, -0.05) is 6.07 Å². The van der Waals surface area contributed by atoms with Gasteiger partial charge in [0.2, 0.25) is 0 Å². The molecular formula is C15H17N3O3S. The van der Waals surface area contributed by atoms with Crippen LogP contribution in [0.4, 0.5) is 0 Å². The average Bonchev–Trinajstić information content (AvgIpc) is 3.12. The van der Waals surface area contributed by atoms with Gasteiger partial charge in [-0.15, -0.1) is 11.3 Å². The molecule has 0 aromatic carbocycles. The van der Waals surface area contributed by atoms with Gasteiger partial charge in [0.15, 0.2) is 5.69 Å². The van der Waals surface area contributed by atoms with Gasteiger partial charge in [-0.2, -0.15) is 5.10 Å². The van der Waals surface area contributed by atoms with E-state index in [0.717, 1.165) is 11.3 Å². The van der Waals surface area contributed by atoms with Gasteiger partial charge in [-0.05, 0) is 18.4 Å². The predicted molar refractivity (Wildman–Crippen MR) is 81.9 cm³/mol. The van der Waals surface area contributed by atoms with E-state index >= 15 is 0 Å². The van der Waals surface area contributed by atoms with Crippen LogP contribution in [0.1, 0.15) is 38.3 Å². The first-order chi connectivity index (χ1) is 10.6.